The Bertz CT molecular complexity index is 283. The SMILES string of the molecule is CC(C)NCC(C)(O)CN1CC(C)(C)OC(C)(C)C1. The van der Waals surface area contributed by atoms with E-state index < -0.39 is 5.60 Å². The lowest BCUT2D eigenvalue weighted by atomic mass is 9.96. The average molecular weight is 272 g/mol. The number of morpholine rings is 1. The Labute approximate surface area is 118 Å². The van der Waals surface area contributed by atoms with Crippen molar-refractivity contribution >= 4 is 0 Å². The second-order valence-electron chi connectivity index (χ2n) is 7.80. The van der Waals surface area contributed by atoms with Crippen LogP contribution in [0, 0.1) is 0 Å². The van der Waals surface area contributed by atoms with Crippen LogP contribution in [-0.2, 0) is 4.74 Å². The molecule has 1 unspecified atom stereocenters. The molecule has 4 nitrogen and oxygen atoms in total. The lowest BCUT2D eigenvalue weighted by Crippen LogP contribution is -2.60. The fraction of sp³-hybridized carbons (Fsp3) is 1.00. The molecule has 4 heteroatoms. The number of nitrogens with zero attached hydrogens (tertiary/aromatic N) is 1. The van der Waals surface area contributed by atoms with Crippen molar-refractivity contribution in [2.75, 3.05) is 26.2 Å². The second kappa shape index (κ2) is 5.68. The van der Waals surface area contributed by atoms with Gasteiger partial charge < -0.3 is 15.2 Å². The maximum Gasteiger partial charge on any atom is 0.0869 e. The first kappa shape index (κ1) is 16.9. The van der Waals surface area contributed by atoms with E-state index in [-0.39, 0.29) is 11.2 Å². The zero-order valence-electron chi connectivity index (χ0n) is 13.7. The summed E-state index contributed by atoms with van der Waals surface area (Å²) in [6, 6.07) is 0.393. The minimum absolute atomic E-state index is 0.163. The number of rotatable bonds is 5. The average Bonchev–Trinajstić information content (AvgIpc) is 2.08. The Morgan fingerprint density at radius 3 is 2.11 bits per heavy atom. The first-order chi connectivity index (χ1) is 8.41. The molecule has 0 aromatic carbocycles. The molecule has 19 heavy (non-hydrogen) atoms. The normalized spacial score (nSPS) is 26.4. The predicted octanol–water partition coefficient (Wildman–Crippen LogP) is 1.62. The van der Waals surface area contributed by atoms with Gasteiger partial charge in [-0.1, -0.05) is 13.8 Å². The monoisotopic (exact) mass is 272 g/mol. The van der Waals surface area contributed by atoms with Crippen molar-refractivity contribution in [1.82, 2.24) is 10.2 Å². The lowest BCUT2D eigenvalue weighted by Gasteiger charge is -2.48. The summed E-state index contributed by atoms with van der Waals surface area (Å²) >= 11 is 0. The third kappa shape index (κ3) is 6.21. The number of hydrogen-bond donors (Lipinski definition) is 2. The first-order valence-electron chi connectivity index (χ1n) is 7.29. The summed E-state index contributed by atoms with van der Waals surface area (Å²) in [5.41, 5.74) is -1.04. The number of ether oxygens (including phenoxy) is 1. The van der Waals surface area contributed by atoms with Crippen LogP contribution in [0.4, 0.5) is 0 Å². The summed E-state index contributed by atoms with van der Waals surface area (Å²) in [6.07, 6.45) is 0. The molecule has 1 heterocycles. The molecule has 0 radical (unpaired) electrons. The molecule has 0 amide bonds. The predicted molar refractivity (Wildman–Crippen MR) is 79.4 cm³/mol. The van der Waals surface area contributed by atoms with Gasteiger partial charge in [0.2, 0.25) is 0 Å². The maximum atomic E-state index is 10.5. The highest BCUT2D eigenvalue weighted by Gasteiger charge is 2.39. The summed E-state index contributed by atoms with van der Waals surface area (Å²) in [7, 11) is 0. The molecule has 1 aliphatic heterocycles. The molecule has 0 aromatic rings. The van der Waals surface area contributed by atoms with Gasteiger partial charge >= 0.3 is 0 Å². The van der Waals surface area contributed by atoms with Gasteiger partial charge in [-0.05, 0) is 34.6 Å². The highest BCUT2D eigenvalue weighted by Crippen LogP contribution is 2.28. The minimum atomic E-state index is -0.715. The minimum Gasteiger partial charge on any atom is -0.388 e. The first-order valence-corrected chi connectivity index (χ1v) is 7.29. The number of aliphatic hydroxyl groups is 1. The van der Waals surface area contributed by atoms with Crippen LogP contribution >= 0.6 is 0 Å². The van der Waals surface area contributed by atoms with Crippen molar-refractivity contribution in [2.45, 2.75) is 71.3 Å². The Morgan fingerprint density at radius 1 is 1.21 bits per heavy atom. The number of nitrogens with one attached hydrogen (secondary N) is 1. The van der Waals surface area contributed by atoms with Crippen LogP contribution in [-0.4, -0.2) is 59.0 Å². The van der Waals surface area contributed by atoms with E-state index in [0.717, 1.165) is 13.1 Å². The molecular formula is C15H32N2O2. The largest absolute Gasteiger partial charge is 0.388 e. The Kier molecular flexibility index (Phi) is 5.05. The second-order valence-corrected chi connectivity index (χ2v) is 7.80. The molecule has 114 valence electrons. The highest BCUT2D eigenvalue weighted by atomic mass is 16.5. The zero-order valence-corrected chi connectivity index (χ0v) is 13.7. The van der Waals surface area contributed by atoms with E-state index in [1.165, 1.54) is 0 Å². The van der Waals surface area contributed by atoms with Crippen LogP contribution in [0.5, 0.6) is 0 Å². The molecule has 1 saturated heterocycles. The van der Waals surface area contributed by atoms with E-state index in [4.69, 9.17) is 4.74 Å². The summed E-state index contributed by atoms with van der Waals surface area (Å²) in [5, 5.41) is 13.8. The van der Waals surface area contributed by atoms with E-state index in [1.54, 1.807) is 0 Å². The smallest absolute Gasteiger partial charge is 0.0869 e. The fourth-order valence-electron chi connectivity index (χ4n) is 3.02. The lowest BCUT2D eigenvalue weighted by molar-refractivity contribution is -0.187. The Hall–Kier alpha value is -0.160. The van der Waals surface area contributed by atoms with Gasteiger partial charge in [0.05, 0.1) is 16.8 Å². The van der Waals surface area contributed by atoms with E-state index in [2.05, 4.69) is 51.8 Å². The number of hydrogen-bond acceptors (Lipinski definition) is 4. The maximum absolute atomic E-state index is 10.5. The van der Waals surface area contributed by atoms with Crippen LogP contribution in [0.25, 0.3) is 0 Å². The third-order valence-corrected chi connectivity index (χ3v) is 3.22. The Balaban J connectivity index is 2.60. The third-order valence-electron chi connectivity index (χ3n) is 3.22. The topological polar surface area (TPSA) is 44.7 Å². The van der Waals surface area contributed by atoms with Crippen LogP contribution in [0.3, 0.4) is 0 Å². The summed E-state index contributed by atoms with van der Waals surface area (Å²) in [6.45, 7) is 17.5. The quantitative estimate of drug-likeness (QED) is 0.798. The highest BCUT2D eigenvalue weighted by molar-refractivity contribution is 4.92. The molecule has 1 atom stereocenters. The standard InChI is InChI=1S/C15H32N2O2/c1-12(2)16-8-15(7,18)11-17-9-13(3,4)19-14(5,6)10-17/h12,16,18H,8-11H2,1-7H3. The molecule has 0 aromatic heterocycles. The van der Waals surface area contributed by atoms with E-state index >= 15 is 0 Å². The van der Waals surface area contributed by atoms with E-state index in [9.17, 15) is 5.11 Å². The van der Waals surface area contributed by atoms with Crippen molar-refractivity contribution < 1.29 is 9.84 Å². The van der Waals surface area contributed by atoms with E-state index in [0.29, 0.717) is 19.1 Å². The number of β-amino-alcohol motifs (C(OH)–C–C–N with tert-alkyl or cyclic N) is 1. The van der Waals surface area contributed by atoms with Gasteiger partial charge in [0.1, 0.15) is 0 Å². The van der Waals surface area contributed by atoms with Crippen LogP contribution in [0.2, 0.25) is 0 Å². The molecule has 0 bridgehead atoms. The Morgan fingerprint density at radius 2 is 1.68 bits per heavy atom. The summed E-state index contributed by atoms with van der Waals surface area (Å²) in [5.74, 6) is 0. The van der Waals surface area contributed by atoms with Crippen molar-refractivity contribution in [3.05, 3.63) is 0 Å². The molecular weight excluding hydrogens is 240 g/mol. The molecule has 2 N–H and O–H groups in total. The summed E-state index contributed by atoms with van der Waals surface area (Å²) in [4.78, 5) is 2.31. The van der Waals surface area contributed by atoms with Crippen LogP contribution in [0.15, 0.2) is 0 Å². The summed E-state index contributed by atoms with van der Waals surface area (Å²) < 4.78 is 6.07. The van der Waals surface area contributed by atoms with Crippen LogP contribution in [0.1, 0.15) is 48.5 Å². The zero-order chi connectivity index (χ0) is 14.9. The van der Waals surface area contributed by atoms with Gasteiger partial charge in [-0.3, -0.25) is 4.90 Å². The van der Waals surface area contributed by atoms with Crippen molar-refractivity contribution in [3.8, 4) is 0 Å². The van der Waals surface area contributed by atoms with Gasteiger partial charge in [-0.15, -0.1) is 0 Å². The molecule has 1 aliphatic rings. The van der Waals surface area contributed by atoms with Crippen molar-refractivity contribution in [1.29, 1.82) is 0 Å². The fourth-order valence-corrected chi connectivity index (χ4v) is 3.02. The molecule has 1 fully saturated rings. The van der Waals surface area contributed by atoms with Gasteiger partial charge in [0.25, 0.3) is 0 Å². The van der Waals surface area contributed by atoms with Gasteiger partial charge in [-0.2, -0.15) is 0 Å². The van der Waals surface area contributed by atoms with E-state index in [1.807, 2.05) is 6.92 Å². The van der Waals surface area contributed by atoms with Crippen LogP contribution < -0.4 is 5.32 Å². The van der Waals surface area contributed by atoms with Gasteiger partial charge in [-0.25, -0.2) is 0 Å². The molecule has 0 aliphatic carbocycles. The van der Waals surface area contributed by atoms with Gasteiger partial charge in [0.15, 0.2) is 0 Å². The molecule has 0 saturated carbocycles. The van der Waals surface area contributed by atoms with Crippen molar-refractivity contribution in [2.24, 2.45) is 0 Å². The molecule has 0 spiro atoms. The molecule has 1 rings (SSSR count). The van der Waals surface area contributed by atoms with Crippen molar-refractivity contribution in [3.63, 3.8) is 0 Å². The van der Waals surface area contributed by atoms with Gasteiger partial charge in [0, 0.05) is 32.2 Å².